The number of thioether (sulfide) groups is 1. The molecule has 0 aromatic heterocycles. The molecule has 2 aliphatic rings. The molecule has 0 saturated carbocycles. The highest BCUT2D eigenvalue weighted by atomic mass is 35.5. The number of para-hydroxylation sites is 1. The molecule has 0 fully saturated rings. The second-order valence-corrected chi connectivity index (χ2v) is 6.24. The fourth-order valence-corrected chi connectivity index (χ4v) is 3.98. The van der Waals surface area contributed by atoms with E-state index in [1.54, 1.807) is 0 Å². The summed E-state index contributed by atoms with van der Waals surface area (Å²) in [6, 6.07) is 13.4. The van der Waals surface area contributed by atoms with Crippen molar-refractivity contribution in [3.05, 3.63) is 53.1 Å². The van der Waals surface area contributed by atoms with Gasteiger partial charge in [-0.3, -0.25) is 4.79 Å². The smallest absolute Gasteiger partial charge is 0.265 e. The quantitative estimate of drug-likeness (QED) is 0.777. The van der Waals surface area contributed by atoms with Crippen LogP contribution in [0.25, 0.3) is 0 Å². The van der Waals surface area contributed by atoms with E-state index >= 15 is 0 Å². The average molecular weight is 289 g/mol. The maximum Gasteiger partial charge on any atom is 0.265 e. The number of hydrogen-bond acceptors (Lipinski definition) is 3. The van der Waals surface area contributed by atoms with Gasteiger partial charge in [0.05, 0.1) is 5.69 Å². The lowest BCUT2D eigenvalue weighted by molar-refractivity contribution is -0.117. The zero-order valence-corrected chi connectivity index (χ0v) is 11.3. The van der Waals surface area contributed by atoms with Crippen molar-refractivity contribution in [3.63, 3.8) is 0 Å². The van der Waals surface area contributed by atoms with Crippen LogP contribution in [0.1, 0.15) is 5.56 Å². The van der Waals surface area contributed by atoms with Crippen molar-refractivity contribution >= 4 is 40.6 Å². The first-order valence-electron chi connectivity index (χ1n) is 5.87. The van der Waals surface area contributed by atoms with E-state index in [-0.39, 0.29) is 5.91 Å². The summed E-state index contributed by atoms with van der Waals surface area (Å²) in [4.78, 5) is 12.7. The van der Waals surface area contributed by atoms with Gasteiger partial charge >= 0.3 is 0 Å². The normalized spacial score (nSPS) is 22.9. The van der Waals surface area contributed by atoms with Crippen molar-refractivity contribution < 1.29 is 4.79 Å². The van der Waals surface area contributed by atoms with Gasteiger partial charge in [0, 0.05) is 21.2 Å². The number of amides is 1. The van der Waals surface area contributed by atoms with Gasteiger partial charge in [-0.15, -0.1) is 0 Å². The molecular formula is C14H9ClN2OS. The predicted molar refractivity (Wildman–Crippen MR) is 77.7 cm³/mol. The first-order chi connectivity index (χ1) is 9.19. The fourth-order valence-electron chi connectivity index (χ4n) is 2.53. The third-order valence-corrected chi connectivity index (χ3v) is 5.01. The number of carbonyl (C=O) groups is 1. The van der Waals surface area contributed by atoms with E-state index in [1.807, 2.05) is 42.5 Å². The van der Waals surface area contributed by atoms with Gasteiger partial charge in [-0.1, -0.05) is 41.6 Å². The first kappa shape index (κ1) is 11.2. The van der Waals surface area contributed by atoms with E-state index in [4.69, 9.17) is 11.6 Å². The van der Waals surface area contributed by atoms with Crippen LogP contribution in [0.3, 0.4) is 0 Å². The molecule has 1 amide bonds. The number of rotatable bonds is 0. The third-order valence-electron chi connectivity index (χ3n) is 3.39. The number of nitrogens with one attached hydrogen (secondary N) is 2. The third kappa shape index (κ3) is 1.44. The van der Waals surface area contributed by atoms with Crippen LogP contribution in [0.4, 0.5) is 11.4 Å². The van der Waals surface area contributed by atoms with Gasteiger partial charge in [0.2, 0.25) is 0 Å². The van der Waals surface area contributed by atoms with Crippen molar-refractivity contribution in [1.82, 2.24) is 0 Å². The predicted octanol–water partition coefficient (Wildman–Crippen LogP) is 3.66. The highest BCUT2D eigenvalue weighted by Gasteiger charge is 2.51. The van der Waals surface area contributed by atoms with Crippen molar-refractivity contribution in [3.8, 4) is 0 Å². The summed E-state index contributed by atoms with van der Waals surface area (Å²) in [5.74, 6) is -0.0361. The molecule has 3 nitrogen and oxygen atoms in total. The van der Waals surface area contributed by atoms with E-state index in [2.05, 4.69) is 10.6 Å². The molecule has 1 spiro atoms. The van der Waals surface area contributed by atoms with Crippen LogP contribution in [0.2, 0.25) is 5.02 Å². The van der Waals surface area contributed by atoms with Gasteiger partial charge in [0.25, 0.3) is 5.91 Å². The Bertz CT molecular complexity index is 718. The van der Waals surface area contributed by atoms with Crippen molar-refractivity contribution in [2.75, 3.05) is 10.6 Å². The zero-order chi connectivity index (χ0) is 13.0. The molecule has 94 valence electrons. The highest BCUT2D eigenvalue weighted by molar-refractivity contribution is 8.01. The Morgan fingerprint density at radius 3 is 2.84 bits per heavy atom. The number of hydrogen-bond donors (Lipinski definition) is 2. The van der Waals surface area contributed by atoms with Gasteiger partial charge in [-0.05, 0) is 24.3 Å². The second kappa shape index (κ2) is 3.68. The molecule has 5 heteroatoms. The molecule has 0 bridgehead atoms. The Hall–Kier alpha value is -1.65. The number of anilines is 2. The molecule has 2 aromatic carbocycles. The Morgan fingerprint density at radius 1 is 1.11 bits per heavy atom. The summed E-state index contributed by atoms with van der Waals surface area (Å²) in [7, 11) is 0. The maximum atomic E-state index is 12.4. The summed E-state index contributed by atoms with van der Waals surface area (Å²) in [6.45, 7) is 0. The fraction of sp³-hybridized carbons (Fsp3) is 0.0714. The number of benzene rings is 2. The molecule has 1 atom stereocenters. The molecule has 0 saturated heterocycles. The summed E-state index contributed by atoms with van der Waals surface area (Å²) in [5, 5.41) is 6.91. The van der Waals surface area contributed by atoms with E-state index in [0.29, 0.717) is 5.02 Å². The zero-order valence-electron chi connectivity index (χ0n) is 9.74. The summed E-state index contributed by atoms with van der Waals surface area (Å²) < 4.78 is 0. The number of fused-ring (bicyclic) bond motifs is 3. The largest absolute Gasteiger partial charge is 0.358 e. The SMILES string of the molecule is O=C1Nc2ccccc2C12Nc1cc(Cl)ccc1S2. The van der Waals surface area contributed by atoms with Crippen LogP contribution in [0.5, 0.6) is 0 Å². The van der Waals surface area contributed by atoms with Gasteiger partial charge < -0.3 is 10.6 Å². The van der Waals surface area contributed by atoms with Crippen LogP contribution in [-0.4, -0.2) is 5.91 Å². The first-order valence-corrected chi connectivity index (χ1v) is 7.06. The van der Waals surface area contributed by atoms with Crippen LogP contribution < -0.4 is 10.6 Å². The van der Waals surface area contributed by atoms with Crippen molar-refractivity contribution in [2.45, 2.75) is 9.77 Å². The lowest BCUT2D eigenvalue weighted by Crippen LogP contribution is -2.35. The summed E-state index contributed by atoms with van der Waals surface area (Å²) in [5.41, 5.74) is 2.74. The minimum atomic E-state index is -0.760. The highest BCUT2D eigenvalue weighted by Crippen LogP contribution is 2.55. The molecular weight excluding hydrogens is 280 g/mol. The van der Waals surface area contributed by atoms with E-state index in [0.717, 1.165) is 21.8 Å². The second-order valence-electron chi connectivity index (χ2n) is 4.55. The lowest BCUT2D eigenvalue weighted by atomic mass is 10.1. The van der Waals surface area contributed by atoms with Gasteiger partial charge in [-0.25, -0.2) is 0 Å². The standard InChI is InChI=1S/C14H9ClN2OS/c15-8-5-6-12-11(7-8)17-14(19-12)9-3-1-2-4-10(9)16-13(14)18/h1-7,17H,(H,16,18). The van der Waals surface area contributed by atoms with Crippen LogP contribution in [-0.2, 0) is 9.67 Å². The van der Waals surface area contributed by atoms with Crippen LogP contribution in [0.15, 0.2) is 47.4 Å². The van der Waals surface area contributed by atoms with Gasteiger partial charge in [0.15, 0.2) is 4.87 Å². The number of carbonyl (C=O) groups excluding carboxylic acids is 1. The molecule has 0 aliphatic carbocycles. The van der Waals surface area contributed by atoms with Gasteiger partial charge in [-0.2, -0.15) is 0 Å². The maximum absolute atomic E-state index is 12.4. The Kier molecular flexibility index (Phi) is 2.17. The molecule has 2 heterocycles. The number of halogens is 1. The average Bonchev–Trinajstić information content (AvgIpc) is 2.90. The lowest BCUT2D eigenvalue weighted by Gasteiger charge is -2.21. The Labute approximate surface area is 119 Å². The van der Waals surface area contributed by atoms with E-state index in [9.17, 15) is 4.79 Å². The Morgan fingerprint density at radius 2 is 1.95 bits per heavy atom. The molecule has 19 heavy (non-hydrogen) atoms. The monoisotopic (exact) mass is 288 g/mol. The molecule has 1 unspecified atom stereocenters. The minimum Gasteiger partial charge on any atom is -0.358 e. The summed E-state index contributed by atoms with van der Waals surface area (Å²) in [6.07, 6.45) is 0. The topological polar surface area (TPSA) is 41.1 Å². The van der Waals surface area contributed by atoms with Crippen LogP contribution >= 0.6 is 23.4 Å². The molecule has 0 radical (unpaired) electrons. The minimum absolute atomic E-state index is 0.0361. The van der Waals surface area contributed by atoms with Crippen LogP contribution in [0, 0.1) is 0 Å². The van der Waals surface area contributed by atoms with Crippen molar-refractivity contribution in [2.24, 2.45) is 0 Å². The summed E-state index contributed by atoms with van der Waals surface area (Å²) >= 11 is 7.53. The Balaban J connectivity index is 1.88. The molecule has 2 aromatic rings. The van der Waals surface area contributed by atoms with Crippen molar-refractivity contribution in [1.29, 1.82) is 0 Å². The van der Waals surface area contributed by atoms with E-state index < -0.39 is 4.87 Å². The molecule has 2 aliphatic heterocycles. The van der Waals surface area contributed by atoms with E-state index in [1.165, 1.54) is 11.8 Å². The van der Waals surface area contributed by atoms with Gasteiger partial charge in [0.1, 0.15) is 0 Å². The molecule has 2 N–H and O–H groups in total. The molecule has 4 rings (SSSR count).